The van der Waals surface area contributed by atoms with Crippen LogP contribution in [0.1, 0.15) is 37.5 Å². The van der Waals surface area contributed by atoms with Gasteiger partial charge in [-0.15, -0.1) is 0 Å². The molecule has 0 radical (unpaired) electrons. The first kappa shape index (κ1) is 15.0. The van der Waals surface area contributed by atoms with Gasteiger partial charge in [-0.05, 0) is 38.8 Å². The fraction of sp³-hybridized carbons (Fsp3) is 0.500. The Hall–Kier alpha value is -1.95. The Bertz CT molecular complexity index is 623. The molecule has 1 aliphatic rings. The Morgan fingerprint density at radius 3 is 2.77 bits per heavy atom. The number of aryl methyl sites for hydroxylation is 1. The average Bonchev–Trinajstić information content (AvgIpc) is 2.96. The highest BCUT2D eigenvalue weighted by Crippen LogP contribution is 2.26. The van der Waals surface area contributed by atoms with Gasteiger partial charge >= 0.3 is 0 Å². The summed E-state index contributed by atoms with van der Waals surface area (Å²) in [5, 5.41) is 0. The highest BCUT2D eigenvalue weighted by Gasteiger charge is 2.27. The second-order valence-corrected chi connectivity index (χ2v) is 5.63. The molecule has 0 bridgehead atoms. The van der Waals surface area contributed by atoms with Crippen LogP contribution < -0.4 is 4.74 Å². The van der Waals surface area contributed by atoms with Crippen molar-refractivity contribution in [2.45, 2.75) is 38.8 Å². The molecule has 0 N–H and O–H groups in total. The van der Waals surface area contributed by atoms with Crippen LogP contribution in [0.2, 0.25) is 0 Å². The summed E-state index contributed by atoms with van der Waals surface area (Å²) in [5.74, 6) is 1.25. The monoisotopic (exact) mass is 305 g/mol. The molecule has 118 valence electrons. The van der Waals surface area contributed by atoms with Gasteiger partial charge in [0, 0.05) is 19.3 Å². The molecule has 5 nitrogen and oxygen atoms in total. The zero-order valence-electron chi connectivity index (χ0n) is 12.8. The van der Waals surface area contributed by atoms with Crippen LogP contribution >= 0.6 is 0 Å². The molecule has 1 atom stereocenters. The van der Waals surface area contributed by atoms with Crippen molar-refractivity contribution in [1.29, 1.82) is 0 Å². The summed E-state index contributed by atoms with van der Waals surface area (Å²) >= 11 is 0. The average molecular weight is 305 g/mol. The SMILES string of the molecule is Cc1cnc(C(C)N2CCC(Oc3ncccc3F)CC2)o1. The van der Waals surface area contributed by atoms with E-state index in [1.165, 1.54) is 6.07 Å². The lowest BCUT2D eigenvalue weighted by atomic mass is 10.1. The quantitative estimate of drug-likeness (QED) is 0.868. The van der Waals surface area contributed by atoms with E-state index in [4.69, 9.17) is 9.15 Å². The molecule has 2 aromatic rings. The van der Waals surface area contributed by atoms with Crippen LogP contribution in [0.4, 0.5) is 4.39 Å². The van der Waals surface area contributed by atoms with Crippen LogP contribution in [-0.4, -0.2) is 34.1 Å². The minimum Gasteiger partial charge on any atom is -0.472 e. The van der Waals surface area contributed by atoms with Crippen LogP contribution in [0, 0.1) is 12.7 Å². The standard InChI is InChI=1S/C16H20FN3O2/c1-11-10-19-15(21-11)12(2)20-8-5-13(6-9-20)22-16-14(17)4-3-7-18-16/h3-4,7,10,12-13H,5-6,8-9H2,1-2H3. The molecular weight excluding hydrogens is 285 g/mol. The van der Waals surface area contributed by atoms with Crippen molar-refractivity contribution < 1.29 is 13.5 Å². The van der Waals surface area contributed by atoms with Gasteiger partial charge < -0.3 is 9.15 Å². The van der Waals surface area contributed by atoms with E-state index in [1.807, 2.05) is 6.92 Å². The van der Waals surface area contributed by atoms with Crippen molar-refractivity contribution in [3.8, 4) is 5.88 Å². The van der Waals surface area contributed by atoms with E-state index in [-0.39, 0.29) is 18.0 Å². The summed E-state index contributed by atoms with van der Waals surface area (Å²) in [5.41, 5.74) is 0. The fourth-order valence-corrected chi connectivity index (χ4v) is 2.72. The molecule has 0 aromatic carbocycles. The van der Waals surface area contributed by atoms with E-state index < -0.39 is 5.82 Å². The molecule has 3 rings (SSSR count). The predicted molar refractivity (Wildman–Crippen MR) is 79.1 cm³/mol. The van der Waals surface area contributed by atoms with Crippen LogP contribution in [0.25, 0.3) is 0 Å². The maximum atomic E-state index is 13.6. The summed E-state index contributed by atoms with van der Waals surface area (Å²) in [6.07, 6.45) is 4.95. The van der Waals surface area contributed by atoms with Gasteiger partial charge in [0.05, 0.1) is 12.2 Å². The molecule has 0 saturated carbocycles. The summed E-state index contributed by atoms with van der Waals surface area (Å²) in [7, 11) is 0. The van der Waals surface area contributed by atoms with Crippen molar-refractivity contribution in [2.75, 3.05) is 13.1 Å². The van der Waals surface area contributed by atoms with E-state index in [0.29, 0.717) is 0 Å². The Kier molecular flexibility index (Phi) is 4.38. The second kappa shape index (κ2) is 6.44. The van der Waals surface area contributed by atoms with Crippen molar-refractivity contribution in [2.24, 2.45) is 0 Å². The first-order valence-electron chi connectivity index (χ1n) is 7.57. The molecule has 2 aromatic heterocycles. The number of aromatic nitrogens is 2. The Labute approximate surface area is 129 Å². The lowest BCUT2D eigenvalue weighted by Crippen LogP contribution is -2.39. The molecule has 1 saturated heterocycles. The minimum absolute atomic E-state index is 0.000790. The molecule has 0 aliphatic carbocycles. The van der Waals surface area contributed by atoms with Crippen LogP contribution in [0.3, 0.4) is 0 Å². The van der Waals surface area contributed by atoms with Gasteiger partial charge in [0.15, 0.2) is 5.82 Å². The molecule has 6 heteroatoms. The van der Waals surface area contributed by atoms with Gasteiger partial charge in [-0.25, -0.2) is 14.4 Å². The highest BCUT2D eigenvalue weighted by atomic mass is 19.1. The number of rotatable bonds is 4. The molecule has 1 fully saturated rings. The summed E-state index contributed by atoms with van der Waals surface area (Å²) < 4.78 is 24.8. The van der Waals surface area contributed by atoms with Gasteiger partial charge in [0.1, 0.15) is 11.9 Å². The number of likely N-dealkylation sites (tertiary alicyclic amines) is 1. The molecule has 22 heavy (non-hydrogen) atoms. The Morgan fingerprint density at radius 1 is 1.36 bits per heavy atom. The number of piperidine rings is 1. The van der Waals surface area contributed by atoms with E-state index >= 15 is 0 Å². The zero-order chi connectivity index (χ0) is 15.5. The van der Waals surface area contributed by atoms with Crippen molar-refractivity contribution >= 4 is 0 Å². The number of nitrogens with zero attached hydrogens (tertiary/aromatic N) is 3. The number of pyridine rings is 1. The van der Waals surface area contributed by atoms with Gasteiger partial charge in [-0.1, -0.05) is 0 Å². The van der Waals surface area contributed by atoms with Crippen LogP contribution in [-0.2, 0) is 0 Å². The van der Waals surface area contributed by atoms with E-state index in [0.717, 1.165) is 37.6 Å². The Balaban J connectivity index is 1.55. The van der Waals surface area contributed by atoms with Crippen LogP contribution in [0.15, 0.2) is 28.9 Å². The third-order valence-corrected chi connectivity index (χ3v) is 4.02. The van der Waals surface area contributed by atoms with Crippen molar-refractivity contribution in [3.05, 3.63) is 42.0 Å². The van der Waals surface area contributed by atoms with E-state index in [2.05, 4.69) is 21.8 Å². The normalized spacial score (nSPS) is 18.3. The van der Waals surface area contributed by atoms with Crippen LogP contribution in [0.5, 0.6) is 5.88 Å². The first-order valence-corrected chi connectivity index (χ1v) is 7.57. The maximum Gasteiger partial charge on any atom is 0.250 e. The van der Waals surface area contributed by atoms with E-state index in [9.17, 15) is 4.39 Å². The third-order valence-electron chi connectivity index (χ3n) is 4.02. The molecule has 1 aliphatic heterocycles. The van der Waals surface area contributed by atoms with Gasteiger partial charge in [-0.2, -0.15) is 0 Å². The molecule has 1 unspecified atom stereocenters. The fourth-order valence-electron chi connectivity index (χ4n) is 2.72. The Morgan fingerprint density at radius 2 is 2.14 bits per heavy atom. The summed E-state index contributed by atoms with van der Waals surface area (Å²) in [6.45, 7) is 5.71. The number of halogens is 1. The second-order valence-electron chi connectivity index (χ2n) is 5.63. The maximum absolute atomic E-state index is 13.6. The largest absolute Gasteiger partial charge is 0.472 e. The van der Waals surface area contributed by atoms with E-state index in [1.54, 1.807) is 18.5 Å². The lowest BCUT2D eigenvalue weighted by molar-refractivity contribution is 0.0667. The van der Waals surface area contributed by atoms with Crippen molar-refractivity contribution in [3.63, 3.8) is 0 Å². The number of hydrogen-bond donors (Lipinski definition) is 0. The summed E-state index contributed by atoms with van der Waals surface area (Å²) in [6, 6.07) is 3.07. The molecular formula is C16H20FN3O2. The van der Waals surface area contributed by atoms with Gasteiger partial charge in [-0.3, -0.25) is 4.90 Å². The minimum atomic E-state index is -0.409. The predicted octanol–water partition coefficient (Wildman–Crippen LogP) is 3.12. The summed E-state index contributed by atoms with van der Waals surface area (Å²) in [4.78, 5) is 10.5. The molecule has 0 amide bonds. The molecule has 3 heterocycles. The zero-order valence-corrected chi connectivity index (χ0v) is 12.8. The lowest BCUT2D eigenvalue weighted by Gasteiger charge is -2.34. The van der Waals surface area contributed by atoms with Crippen molar-refractivity contribution in [1.82, 2.24) is 14.9 Å². The highest BCUT2D eigenvalue weighted by molar-refractivity contribution is 5.13. The number of hydrogen-bond acceptors (Lipinski definition) is 5. The third kappa shape index (κ3) is 3.27. The van der Waals surface area contributed by atoms with Gasteiger partial charge in [0.25, 0.3) is 5.88 Å². The molecule has 0 spiro atoms. The smallest absolute Gasteiger partial charge is 0.250 e. The first-order chi connectivity index (χ1) is 10.6. The number of oxazole rings is 1. The topological polar surface area (TPSA) is 51.4 Å². The van der Waals surface area contributed by atoms with Gasteiger partial charge in [0.2, 0.25) is 5.89 Å². The number of ether oxygens (including phenoxy) is 1.